The smallest absolute Gasteiger partial charge is 0.350 e. The molecule has 2 aromatic carbocycles. The molecule has 5 nitrogen and oxygen atoms in total. The summed E-state index contributed by atoms with van der Waals surface area (Å²) in [7, 11) is 0. The van der Waals surface area contributed by atoms with Crippen molar-refractivity contribution in [2.45, 2.75) is 20.3 Å². The van der Waals surface area contributed by atoms with E-state index in [1.807, 2.05) is 67.6 Å². The van der Waals surface area contributed by atoms with Gasteiger partial charge in [-0.15, -0.1) is 11.3 Å². The number of esters is 1. The third-order valence-electron chi connectivity index (χ3n) is 4.12. The molecule has 0 saturated heterocycles. The van der Waals surface area contributed by atoms with Gasteiger partial charge >= 0.3 is 5.97 Å². The fraction of sp³-hybridized carbons (Fsp3) is 0.217. The molecule has 0 atom stereocenters. The van der Waals surface area contributed by atoms with Crippen molar-refractivity contribution in [2.24, 2.45) is 0 Å². The van der Waals surface area contributed by atoms with Gasteiger partial charge in [-0.1, -0.05) is 42.5 Å². The van der Waals surface area contributed by atoms with Crippen molar-refractivity contribution in [3.05, 3.63) is 71.1 Å². The highest BCUT2D eigenvalue weighted by atomic mass is 32.1. The Kier molecular flexibility index (Phi) is 7.03. The molecule has 0 aliphatic rings. The molecular weight excluding hydrogens is 386 g/mol. The van der Waals surface area contributed by atoms with Crippen LogP contribution in [-0.2, 0) is 16.0 Å². The van der Waals surface area contributed by atoms with Crippen LogP contribution in [0.15, 0.2) is 60.7 Å². The van der Waals surface area contributed by atoms with Crippen LogP contribution < -0.4 is 10.1 Å². The molecular formula is C23H23NO4S. The predicted molar refractivity (Wildman–Crippen MR) is 116 cm³/mol. The van der Waals surface area contributed by atoms with Gasteiger partial charge in [0.25, 0.3) is 0 Å². The van der Waals surface area contributed by atoms with Gasteiger partial charge in [0.05, 0.1) is 25.3 Å². The Morgan fingerprint density at radius 2 is 1.69 bits per heavy atom. The maximum atomic E-state index is 12.6. The molecule has 0 saturated carbocycles. The summed E-state index contributed by atoms with van der Waals surface area (Å²) < 4.78 is 10.6. The summed E-state index contributed by atoms with van der Waals surface area (Å²) >= 11 is 1.31. The number of carbonyl (C=O) groups excluding carboxylic acids is 2. The number of anilines is 1. The van der Waals surface area contributed by atoms with Crippen LogP contribution in [0.5, 0.6) is 5.75 Å². The molecule has 0 bridgehead atoms. The Labute approximate surface area is 174 Å². The SMILES string of the molecule is CCOC(=O)c1sc(-c2ccccc2)cc1NC(=O)Cc1ccc(OCC)cc1. The number of carbonyl (C=O) groups is 2. The Hall–Kier alpha value is -3.12. The minimum absolute atomic E-state index is 0.197. The lowest BCUT2D eigenvalue weighted by molar-refractivity contribution is -0.115. The van der Waals surface area contributed by atoms with Crippen molar-refractivity contribution in [1.82, 2.24) is 0 Å². The summed E-state index contributed by atoms with van der Waals surface area (Å²) in [6, 6.07) is 19.0. The monoisotopic (exact) mass is 409 g/mol. The van der Waals surface area contributed by atoms with Gasteiger partial charge in [0.1, 0.15) is 10.6 Å². The lowest BCUT2D eigenvalue weighted by Gasteiger charge is -2.07. The van der Waals surface area contributed by atoms with Gasteiger partial charge in [0.2, 0.25) is 5.91 Å². The number of hydrogen-bond donors (Lipinski definition) is 1. The number of ether oxygens (including phenoxy) is 2. The third kappa shape index (κ3) is 5.45. The van der Waals surface area contributed by atoms with E-state index in [0.717, 1.165) is 21.8 Å². The van der Waals surface area contributed by atoms with Crippen molar-refractivity contribution >= 4 is 28.9 Å². The van der Waals surface area contributed by atoms with E-state index in [2.05, 4.69) is 5.32 Å². The van der Waals surface area contributed by atoms with Crippen LogP contribution in [-0.4, -0.2) is 25.1 Å². The Morgan fingerprint density at radius 1 is 0.966 bits per heavy atom. The van der Waals surface area contributed by atoms with Gasteiger partial charge in [-0.2, -0.15) is 0 Å². The Bertz CT molecular complexity index is 964. The molecule has 6 heteroatoms. The molecule has 1 aromatic heterocycles. The van der Waals surface area contributed by atoms with E-state index in [0.29, 0.717) is 17.2 Å². The van der Waals surface area contributed by atoms with Crippen LogP contribution >= 0.6 is 11.3 Å². The van der Waals surface area contributed by atoms with E-state index in [-0.39, 0.29) is 18.9 Å². The molecule has 1 N–H and O–H groups in total. The van der Waals surface area contributed by atoms with Crippen molar-refractivity contribution in [3.63, 3.8) is 0 Å². The van der Waals surface area contributed by atoms with Gasteiger partial charge in [0, 0.05) is 4.88 Å². The molecule has 0 spiro atoms. The first-order chi connectivity index (χ1) is 14.1. The second-order valence-corrected chi connectivity index (χ2v) is 7.29. The molecule has 0 unspecified atom stereocenters. The van der Waals surface area contributed by atoms with Gasteiger partial charge in [-0.3, -0.25) is 4.79 Å². The Morgan fingerprint density at radius 3 is 2.34 bits per heavy atom. The first kappa shape index (κ1) is 20.6. The third-order valence-corrected chi connectivity index (χ3v) is 5.29. The molecule has 29 heavy (non-hydrogen) atoms. The van der Waals surface area contributed by atoms with E-state index in [1.165, 1.54) is 11.3 Å². The quantitative estimate of drug-likeness (QED) is 0.521. The number of nitrogens with one attached hydrogen (secondary N) is 1. The average molecular weight is 410 g/mol. The maximum Gasteiger partial charge on any atom is 0.350 e. The van der Waals surface area contributed by atoms with Gasteiger partial charge in [-0.25, -0.2) is 4.79 Å². The zero-order valence-electron chi connectivity index (χ0n) is 16.4. The van der Waals surface area contributed by atoms with Gasteiger partial charge in [-0.05, 0) is 43.2 Å². The van der Waals surface area contributed by atoms with Crippen molar-refractivity contribution in [1.29, 1.82) is 0 Å². The predicted octanol–water partition coefficient (Wildman–Crippen LogP) is 5.17. The minimum Gasteiger partial charge on any atom is -0.494 e. The summed E-state index contributed by atoms with van der Waals surface area (Å²) in [4.78, 5) is 26.2. The van der Waals surface area contributed by atoms with Crippen LogP contribution in [0, 0.1) is 0 Å². The number of thiophene rings is 1. The first-order valence-corrected chi connectivity index (χ1v) is 10.3. The van der Waals surface area contributed by atoms with E-state index in [9.17, 15) is 9.59 Å². The number of benzene rings is 2. The first-order valence-electron chi connectivity index (χ1n) is 9.48. The molecule has 0 aliphatic carbocycles. The standard InChI is InChI=1S/C23H23NO4S/c1-3-27-18-12-10-16(11-13-18)14-21(25)24-19-15-20(17-8-6-5-7-9-17)29-22(19)23(26)28-4-2/h5-13,15H,3-4,14H2,1-2H3,(H,24,25). The highest BCUT2D eigenvalue weighted by Gasteiger charge is 2.20. The average Bonchev–Trinajstić information content (AvgIpc) is 3.14. The van der Waals surface area contributed by atoms with E-state index in [1.54, 1.807) is 6.92 Å². The van der Waals surface area contributed by atoms with Gasteiger partial charge in [0.15, 0.2) is 0 Å². The molecule has 3 aromatic rings. The van der Waals surface area contributed by atoms with Crippen LogP contribution in [0.3, 0.4) is 0 Å². The minimum atomic E-state index is -0.434. The number of rotatable bonds is 8. The summed E-state index contributed by atoms with van der Waals surface area (Å²) in [5.74, 6) is 0.139. The Balaban J connectivity index is 1.78. The van der Waals surface area contributed by atoms with Crippen LogP contribution in [0.25, 0.3) is 10.4 Å². The zero-order chi connectivity index (χ0) is 20.6. The molecule has 150 valence electrons. The lowest BCUT2D eigenvalue weighted by atomic mass is 10.1. The topological polar surface area (TPSA) is 64.6 Å². The summed E-state index contributed by atoms with van der Waals surface area (Å²) in [5, 5.41) is 2.87. The van der Waals surface area contributed by atoms with Gasteiger partial charge < -0.3 is 14.8 Å². The molecule has 0 aliphatic heterocycles. The van der Waals surface area contributed by atoms with Crippen molar-refractivity contribution in [2.75, 3.05) is 18.5 Å². The molecule has 0 fully saturated rings. The van der Waals surface area contributed by atoms with Crippen LogP contribution in [0.1, 0.15) is 29.1 Å². The van der Waals surface area contributed by atoms with E-state index in [4.69, 9.17) is 9.47 Å². The van der Waals surface area contributed by atoms with Crippen LogP contribution in [0.2, 0.25) is 0 Å². The fourth-order valence-electron chi connectivity index (χ4n) is 2.83. The number of hydrogen-bond acceptors (Lipinski definition) is 5. The van der Waals surface area contributed by atoms with Crippen molar-refractivity contribution < 1.29 is 19.1 Å². The summed E-state index contributed by atoms with van der Waals surface area (Å²) in [6.45, 7) is 4.55. The van der Waals surface area contributed by atoms with E-state index < -0.39 is 5.97 Å². The largest absolute Gasteiger partial charge is 0.494 e. The summed E-state index contributed by atoms with van der Waals surface area (Å²) in [6.07, 6.45) is 0.200. The fourth-order valence-corrected chi connectivity index (χ4v) is 3.84. The second-order valence-electron chi connectivity index (χ2n) is 6.24. The molecule has 0 radical (unpaired) electrons. The lowest BCUT2D eigenvalue weighted by Crippen LogP contribution is -2.16. The van der Waals surface area contributed by atoms with E-state index >= 15 is 0 Å². The molecule has 3 rings (SSSR count). The highest BCUT2D eigenvalue weighted by Crippen LogP contribution is 2.35. The highest BCUT2D eigenvalue weighted by molar-refractivity contribution is 7.18. The zero-order valence-corrected chi connectivity index (χ0v) is 17.3. The number of amides is 1. The van der Waals surface area contributed by atoms with Crippen molar-refractivity contribution in [3.8, 4) is 16.2 Å². The maximum absolute atomic E-state index is 12.6. The molecule has 1 heterocycles. The summed E-state index contributed by atoms with van der Waals surface area (Å²) in [5.41, 5.74) is 2.32. The second kappa shape index (κ2) is 9.89. The van der Waals surface area contributed by atoms with Crippen LogP contribution in [0.4, 0.5) is 5.69 Å². The normalized spacial score (nSPS) is 10.4. The molecule has 1 amide bonds.